The van der Waals surface area contributed by atoms with Crippen LogP contribution in [0.4, 0.5) is 0 Å². The van der Waals surface area contributed by atoms with Crippen LogP contribution in [0, 0.1) is 0 Å². The fraction of sp³-hybridized carbons (Fsp3) is 0. The van der Waals surface area contributed by atoms with Crippen LogP contribution in [-0.2, 0) is 25.6 Å². The van der Waals surface area contributed by atoms with Gasteiger partial charge in [-0.05, 0) is 0 Å². The van der Waals surface area contributed by atoms with Gasteiger partial charge in [0.05, 0.1) is 0 Å². The summed E-state index contributed by atoms with van der Waals surface area (Å²) in [5.41, 5.74) is 0. The van der Waals surface area contributed by atoms with Crippen LogP contribution in [-0.4, -0.2) is 20.2 Å². The minimum atomic E-state index is -4.64. The van der Waals surface area contributed by atoms with Crippen LogP contribution >= 0.6 is 7.82 Å². The third-order valence-electron chi connectivity index (χ3n) is 0. The van der Waals surface area contributed by atoms with Crippen molar-refractivity contribution in [3.63, 3.8) is 0 Å². The summed E-state index contributed by atoms with van der Waals surface area (Å²) in [6.07, 6.45) is 0. The predicted octanol–water partition coefficient (Wildman–Crippen LogP) is -4.76. The van der Waals surface area contributed by atoms with Crippen molar-refractivity contribution < 1.29 is 98.6 Å². The van der Waals surface area contributed by atoms with Crippen LogP contribution in [0.3, 0.4) is 0 Å². The van der Waals surface area contributed by atoms with E-state index in [0.717, 1.165) is 17.4 Å². The Kier molecular flexibility index (Phi) is 31.8. The molecule has 0 rings (SSSR count). The normalized spacial score (nSPS) is 6.89. The zero-order valence-electron chi connectivity index (χ0n) is 5.55. The molecule has 0 heterocycles. The quantitative estimate of drug-likeness (QED) is 0.280. The molecule has 0 aliphatic carbocycles. The van der Waals surface area contributed by atoms with E-state index in [1.165, 1.54) is 0 Å². The second kappa shape index (κ2) is 12.7. The molecule has 0 radical (unpaired) electrons. The second-order valence-corrected chi connectivity index (χ2v) is 1.54. The van der Waals surface area contributed by atoms with E-state index < -0.39 is 7.82 Å². The van der Waals surface area contributed by atoms with E-state index in [1.807, 2.05) is 0 Å². The maximum absolute atomic E-state index is 8.88. The van der Waals surface area contributed by atoms with Crippen LogP contribution in [0.25, 0.3) is 0 Å². The van der Waals surface area contributed by atoms with Crippen LogP contribution in [0.2, 0.25) is 0 Å². The molecule has 0 aromatic carbocycles. The topological polar surface area (TPSA) is 126 Å². The number of hydrogen-bond acceptors (Lipinski definition) is 2. The van der Waals surface area contributed by atoms with Crippen molar-refractivity contribution in [1.29, 1.82) is 0 Å². The van der Waals surface area contributed by atoms with Crippen molar-refractivity contribution in [2.45, 2.75) is 0 Å². The third-order valence-corrected chi connectivity index (χ3v) is 0. The first kappa shape index (κ1) is 22.5. The molecule has 9 heavy (non-hydrogen) atoms. The number of rotatable bonds is 0. The fourth-order valence-electron chi connectivity index (χ4n) is 0. The van der Waals surface area contributed by atoms with E-state index in [1.54, 1.807) is 0 Å². The molecule has 0 amide bonds. The van der Waals surface area contributed by atoms with Crippen LogP contribution < -0.4 is 51.4 Å². The minimum absolute atomic E-state index is 0. The van der Waals surface area contributed by atoms with Crippen molar-refractivity contribution in [3.8, 4) is 0 Å². The first-order valence-corrected chi connectivity index (χ1v) is 3.10. The summed E-state index contributed by atoms with van der Waals surface area (Å²) < 4.78 is 17.1. The maximum atomic E-state index is 8.88. The Morgan fingerprint density at radius 3 is 1.22 bits per heavy atom. The van der Waals surface area contributed by atoms with E-state index in [9.17, 15) is 0 Å². The molecule has 53 valence electrons. The van der Waals surface area contributed by atoms with Gasteiger partial charge in [0, 0.05) is 0 Å². The Labute approximate surface area is 105 Å². The third kappa shape index (κ3) is 151. The van der Waals surface area contributed by atoms with Gasteiger partial charge in [-0.15, -0.1) is 0 Å². The van der Waals surface area contributed by atoms with Crippen molar-refractivity contribution in [3.05, 3.63) is 0 Å². The average Bonchev–Trinajstić information content (AvgIpc) is 1.36. The van der Waals surface area contributed by atoms with Crippen LogP contribution in [0.5, 0.6) is 0 Å². The first-order chi connectivity index (χ1) is 3.00. The van der Waals surface area contributed by atoms with Gasteiger partial charge in [0.15, 0.2) is 0 Å². The molecule has 0 aromatic heterocycles. The Bertz CT molecular complexity index is 73.6. The van der Waals surface area contributed by atoms with Gasteiger partial charge in [0.25, 0.3) is 0 Å². The van der Waals surface area contributed by atoms with Crippen molar-refractivity contribution in [1.82, 2.24) is 0 Å². The van der Waals surface area contributed by atoms with Gasteiger partial charge in [-0.2, -0.15) is 0 Å². The van der Waals surface area contributed by atoms with Crippen molar-refractivity contribution in [2.75, 3.05) is 0 Å². The van der Waals surface area contributed by atoms with Crippen LogP contribution in [0.1, 0.15) is 1.43 Å². The second-order valence-electron chi connectivity index (χ2n) is 0.513. The number of hydrogen-bond donors (Lipinski definition) is 3. The van der Waals surface area contributed by atoms with E-state index in [0.29, 0.717) is 0 Å². The Morgan fingerprint density at radius 1 is 1.22 bits per heavy atom. The summed E-state index contributed by atoms with van der Waals surface area (Å²) in [6.45, 7) is 0. The van der Waals surface area contributed by atoms with E-state index in [2.05, 4.69) is 0 Å². The molecule has 6 nitrogen and oxygen atoms in total. The monoisotopic (exact) mass is 223 g/mol. The Morgan fingerprint density at radius 2 is 1.22 bits per heavy atom. The molecular weight excluding hydrogens is 217 g/mol. The van der Waals surface area contributed by atoms with E-state index in [-0.39, 0.29) is 58.3 Å². The van der Waals surface area contributed by atoms with Gasteiger partial charge in [0.1, 0.15) is 0 Å². The molecule has 0 saturated heterocycles. The SMILES string of the molecule is O.O=P(O)(O)O.[H-].[K+].[O]=[V]. The molecule has 0 unspecified atom stereocenters. The number of phosphoric acid groups is 1. The summed E-state index contributed by atoms with van der Waals surface area (Å²) >= 11 is 1.06. The zero-order chi connectivity index (χ0) is 6.50. The predicted molar refractivity (Wildman–Crippen MR) is 19.7 cm³/mol. The van der Waals surface area contributed by atoms with Crippen LogP contribution in [0.15, 0.2) is 0 Å². The molecule has 5 N–H and O–H groups in total. The molecule has 0 spiro atoms. The standard InChI is InChI=1S/K.H3O4P.H2O.O.V.H/c;1-5(2,3)4;;;;/h;(H3,1,2,3,4);1H2;;;/q+1;;;;;-1. The molecule has 0 saturated carbocycles. The fourth-order valence-corrected chi connectivity index (χ4v) is 0. The van der Waals surface area contributed by atoms with Crippen molar-refractivity contribution >= 4 is 7.82 Å². The summed E-state index contributed by atoms with van der Waals surface area (Å²) in [5, 5.41) is 0. The van der Waals surface area contributed by atoms with E-state index in [4.69, 9.17) is 22.9 Å². The molecule has 0 aromatic rings. The van der Waals surface area contributed by atoms with Gasteiger partial charge >= 0.3 is 80.3 Å². The van der Waals surface area contributed by atoms with Gasteiger partial charge in [0.2, 0.25) is 0 Å². The molecule has 0 aliphatic heterocycles. The summed E-state index contributed by atoms with van der Waals surface area (Å²) in [7, 11) is -4.64. The molecule has 0 atom stereocenters. The molecule has 0 fully saturated rings. The van der Waals surface area contributed by atoms with Crippen molar-refractivity contribution in [2.24, 2.45) is 0 Å². The Balaban J connectivity index is -0.0000000154. The first-order valence-electron chi connectivity index (χ1n) is 0.965. The van der Waals surface area contributed by atoms with Gasteiger partial charge < -0.3 is 21.6 Å². The zero-order valence-corrected chi connectivity index (χ0v) is 9.97. The molecule has 0 aliphatic rings. The Hall–Kier alpha value is 2.09. The van der Waals surface area contributed by atoms with E-state index >= 15 is 0 Å². The van der Waals surface area contributed by atoms with Gasteiger partial charge in [-0.25, -0.2) is 4.57 Å². The molecule has 9 heteroatoms. The summed E-state index contributed by atoms with van der Waals surface area (Å²) in [4.78, 5) is 21.6. The molecule has 0 bridgehead atoms. The summed E-state index contributed by atoms with van der Waals surface area (Å²) in [5.74, 6) is 0. The summed E-state index contributed by atoms with van der Waals surface area (Å²) in [6, 6.07) is 0. The van der Waals surface area contributed by atoms with Gasteiger partial charge in [-0.1, -0.05) is 0 Å². The van der Waals surface area contributed by atoms with Gasteiger partial charge in [-0.3, -0.25) is 0 Å². The molecular formula is H6KO6PV. The average molecular weight is 223 g/mol.